The Morgan fingerprint density at radius 1 is 1.40 bits per heavy atom. The quantitative estimate of drug-likeness (QED) is 0.910. The van der Waals surface area contributed by atoms with E-state index in [1.165, 1.54) is 0 Å². The molecule has 1 aromatic rings. The van der Waals surface area contributed by atoms with Gasteiger partial charge in [0.1, 0.15) is 11.5 Å². The van der Waals surface area contributed by atoms with Crippen LogP contribution in [0.4, 0.5) is 5.82 Å². The second-order valence-electron chi connectivity index (χ2n) is 5.79. The van der Waals surface area contributed by atoms with Gasteiger partial charge in [0.05, 0.1) is 5.02 Å². The molecule has 0 radical (unpaired) electrons. The molecule has 0 spiro atoms. The molecule has 5 heteroatoms. The summed E-state index contributed by atoms with van der Waals surface area (Å²) < 4.78 is 0. The fraction of sp³-hybridized carbons (Fsp3) is 0.600. The number of hydrogen-bond donors (Lipinski definition) is 1. The Labute approximate surface area is 125 Å². The molecule has 1 aromatic heterocycles. The maximum absolute atomic E-state index is 12.7. The number of anilines is 1. The summed E-state index contributed by atoms with van der Waals surface area (Å²) in [6.45, 7) is 7.25. The Morgan fingerprint density at radius 2 is 2.10 bits per heavy atom. The van der Waals surface area contributed by atoms with Crippen LogP contribution in [0, 0.1) is 11.8 Å². The number of piperidine rings is 1. The van der Waals surface area contributed by atoms with Gasteiger partial charge in [0.15, 0.2) is 0 Å². The number of aromatic nitrogens is 1. The van der Waals surface area contributed by atoms with Crippen molar-refractivity contribution in [3.63, 3.8) is 0 Å². The van der Waals surface area contributed by atoms with E-state index in [9.17, 15) is 4.79 Å². The van der Waals surface area contributed by atoms with Crippen molar-refractivity contribution in [3.05, 3.63) is 22.8 Å². The minimum Gasteiger partial charge on any atom is -0.373 e. The number of nitrogens with one attached hydrogen (secondary N) is 1. The van der Waals surface area contributed by atoms with Crippen molar-refractivity contribution in [3.8, 4) is 0 Å². The molecule has 1 amide bonds. The van der Waals surface area contributed by atoms with Crippen LogP contribution in [-0.2, 0) is 0 Å². The van der Waals surface area contributed by atoms with Crippen molar-refractivity contribution in [2.45, 2.75) is 33.2 Å². The van der Waals surface area contributed by atoms with Crippen molar-refractivity contribution in [2.75, 3.05) is 18.9 Å². The zero-order valence-electron chi connectivity index (χ0n) is 12.5. The largest absolute Gasteiger partial charge is 0.373 e. The first kappa shape index (κ1) is 15.1. The maximum atomic E-state index is 12.7. The van der Waals surface area contributed by atoms with E-state index in [1.54, 1.807) is 19.2 Å². The molecule has 1 aliphatic rings. The predicted molar refractivity (Wildman–Crippen MR) is 82.2 cm³/mol. The molecule has 3 atom stereocenters. The lowest BCUT2D eigenvalue weighted by atomic mass is 9.86. The second-order valence-corrected chi connectivity index (χ2v) is 6.20. The molecule has 4 nitrogen and oxygen atoms in total. The number of amides is 1. The third-order valence-corrected chi connectivity index (χ3v) is 4.47. The zero-order chi connectivity index (χ0) is 14.9. The molecule has 1 aliphatic heterocycles. The molecule has 1 N–H and O–H groups in total. The van der Waals surface area contributed by atoms with E-state index >= 15 is 0 Å². The van der Waals surface area contributed by atoms with Gasteiger partial charge in [0.25, 0.3) is 5.91 Å². The molecule has 110 valence electrons. The van der Waals surface area contributed by atoms with Crippen LogP contribution in [0.3, 0.4) is 0 Å². The molecule has 1 fully saturated rings. The topological polar surface area (TPSA) is 45.2 Å². The minimum atomic E-state index is -0.0713. The molecule has 0 aromatic carbocycles. The summed E-state index contributed by atoms with van der Waals surface area (Å²) in [5.74, 6) is 1.59. The van der Waals surface area contributed by atoms with Crippen LogP contribution in [-0.4, -0.2) is 35.4 Å². The van der Waals surface area contributed by atoms with Crippen molar-refractivity contribution in [1.82, 2.24) is 9.88 Å². The number of carbonyl (C=O) groups excluding carboxylic acids is 1. The van der Waals surface area contributed by atoms with Crippen LogP contribution >= 0.6 is 11.6 Å². The number of halogens is 1. The Kier molecular flexibility index (Phi) is 4.53. The number of nitrogens with zero attached hydrogens (tertiary/aromatic N) is 2. The molecule has 0 saturated carbocycles. The van der Waals surface area contributed by atoms with Gasteiger partial charge in [-0.15, -0.1) is 0 Å². The zero-order valence-corrected chi connectivity index (χ0v) is 13.2. The lowest BCUT2D eigenvalue weighted by molar-refractivity contribution is 0.0450. The van der Waals surface area contributed by atoms with E-state index in [-0.39, 0.29) is 11.9 Å². The first-order chi connectivity index (χ1) is 9.43. The summed E-state index contributed by atoms with van der Waals surface area (Å²) in [7, 11) is 1.78. The number of rotatable bonds is 2. The van der Waals surface area contributed by atoms with E-state index < -0.39 is 0 Å². The molecular formula is C15H22ClN3O. The van der Waals surface area contributed by atoms with Gasteiger partial charge in [0, 0.05) is 19.6 Å². The predicted octanol–water partition coefficient (Wildman–Crippen LogP) is 3.28. The SMILES string of the molecule is CNc1ccc(Cl)c(C(=O)N2CC(C)CC(C)C2C)n1. The van der Waals surface area contributed by atoms with Crippen LogP contribution in [0.25, 0.3) is 0 Å². The van der Waals surface area contributed by atoms with Gasteiger partial charge < -0.3 is 10.2 Å². The lowest BCUT2D eigenvalue weighted by Crippen LogP contribution is -2.49. The lowest BCUT2D eigenvalue weighted by Gasteiger charge is -2.41. The molecule has 2 rings (SSSR count). The van der Waals surface area contributed by atoms with Crippen molar-refractivity contribution < 1.29 is 4.79 Å². The highest BCUT2D eigenvalue weighted by Gasteiger charge is 2.33. The van der Waals surface area contributed by atoms with Crippen LogP contribution in [0.2, 0.25) is 5.02 Å². The highest BCUT2D eigenvalue weighted by atomic mass is 35.5. The molecule has 20 heavy (non-hydrogen) atoms. The summed E-state index contributed by atoms with van der Waals surface area (Å²) in [4.78, 5) is 19.0. The molecule has 0 aliphatic carbocycles. The smallest absolute Gasteiger partial charge is 0.274 e. The maximum Gasteiger partial charge on any atom is 0.274 e. The molecular weight excluding hydrogens is 274 g/mol. The third kappa shape index (κ3) is 2.90. The number of hydrogen-bond acceptors (Lipinski definition) is 3. The first-order valence-corrected chi connectivity index (χ1v) is 7.47. The van der Waals surface area contributed by atoms with Gasteiger partial charge in [-0.3, -0.25) is 4.79 Å². The summed E-state index contributed by atoms with van der Waals surface area (Å²) in [6, 6.07) is 3.70. The number of carbonyl (C=O) groups is 1. The van der Waals surface area contributed by atoms with Crippen molar-refractivity contribution >= 4 is 23.3 Å². The fourth-order valence-corrected chi connectivity index (χ4v) is 3.04. The van der Waals surface area contributed by atoms with E-state index in [1.807, 2.05) is 4.90 Å². The van der Waals surface area contributed by atoms with Gasteiger partial charge in [0.2, 0.25) is 0 Å². The van der Waals surface area contributed by atoms with E-state index in [0.29, 0.717) is 28.4 Å². The van der Waals surface area contributed by atoms with Crippen LogP contribution in [0.1, 0.15) is 37.7 Å². The van der Waals surface area contributed by atoms with Crippen LogP contribution in [0.15, 0.2) is 12.1 Å². The number of likely N-dealkylation sites (tertiary alicyclic amines) is 1. The highest BCUT2D eigenvalue weighted by Crippen LogP contribution is 2.29. The monoisotopic (exact) mass is 295 g/mol. The molecule has 0 bridgehead atoms. The Morgan fingerprint density at radius 3 is 2.75 bits per heavy atom. The van der Waals surface area contributed by atoms with Gasteiger partial charge in [-0.25, -0.2) is 4.98 Å². The first-order valence-electron chi connectivity index (χ1n) is 7.09. The summed E-state index contributed by atoms with van der Waals surface area (Å²) in [5, 5.41) is 3.35. The van der Waals surface area contributed by atoms with E-state index in [2.05, 4.69) is 31.1 Å². The molecule has 1 saturated heterocycles. The van der Waals surface area contributed by atoms with Gasteiger partial charge in [-0.05, 0) is 37.3 Å². The fourth-order valence-electron chi connectivity index (χ4n) is 2.85. The van der Waals surface area contributed by atoms with E-state index in [4.69, 9.17) is 11.6 Å². The Hall–Kier alpha value is -1.29. The Bertz CT molecular complexity index is 506. The Balaban J connectivity index is 2.30. The summed E-state index contributed by atoms with van der Waals surface area (Å²) in [6.07, 6.45) is 1.16. The van der Waals surface area contributed by atoms with Crippen molar-refractivity contribution in [2.24, 2.45) is 11.8 Å². The summed E-state index contributed by atoms with van der Waals surface area (Å²) >= 11 is 6.15. The van der Waals surface area contributed by atoms with Gasteiger partial charge in [-0.1, -0.05) is 25.4 Å². The number of pyridine rings is 1. The second kappa shape index (κ2) is 6.00. The molecule has 2 heterocycles. The third-order valence-electron chi connectivity index (χ3n) is 4.16. The normalized spacial score (nSPS) is 26.4. The minimum absolute atomic E-state index is 0.0713. The average molecular weight is 296 g/mol. The average Bonchev–Trinajstić information content (AvgIpc) is 2.42. The van der Waals surface area contributed by atoms with Gasteiger partial charge in [-0.2, -0.15) is 0 Å². The van der Waals surface area contributed by atoms with Crippen LogP contribution < -0.4 is 5.32 Å². The van der Waals surface area contributed by atoms with Crippen LogP contribution in [0.5, 0.6) is 0 Å². The van der Waals surface area contributed by atoms with Gasteiger partial charge >= 0.3 is 0 Å². The standard InChI is InChI=1S/C15H22ClN3O/c1-9-7-10(2)11(3)19(8-9)15(20)14-12(16)5-6-13(17-4)18-14/h5-6,9-11H,7-8H2,1-4H3,(H,17,18). The van der Waals surface area contributed by atoms with Crippen molar-refractivity contribution in [1.29, 1.82) is 0 Å². The van der Waals surface area contributed by atoms with E-state index in [0.717, 1.165) is 13.0 Å². The highest BCUT2D eigenvalue weighted by molar-refractivity contribution is 6.33. The summed E-state index contributed by atoms with van der Waals surface area (Å²) in [5.41, 5.74) is 0.340. The molecule has 3 unspecified atom stereocenters.